The van der Waals surface area contributed by atoms with Crippen LogP contribution in [0.4, 0.5) is 10.1 Å². The highest BCUT2D eigenvalue weighted by molar-refractivity contribution is 5.92. The number of nitrogens with zero attached hydrogens (tertiary/aromatic N) is 1. The summed E-state index contributed by atoms with van der Waals surface area (Å²) in [6.45, 7) is 2.63. The molecule has 1 aromatic carbocycles. The molecule has 0 bridgehead atoms. The number of hydrogen-bond acceptors (Lipinski definition) is 4. The van der Waals surface area contributed by atoms with E-state index < -0.39 is 0 Å². The molecule has 1 aliphatic rings. The average molecular weight is 267 g/mol. The van der Waals surface area contributed by atoms with Crippen LogP contribution in [0.5, 0.6) is 0 Å². The van der Waals surface area contributed by atoms with E-state index >= 15 is 0 Å². The summed E-state index contributed by atoms with van der Waals surface area (Å²) < 4.78 is 18.4. The van der Waals surface area contributed by atoms with Gasteiger partial charge >= 0.3 is 0 Å². The van der Waals surface area contributed by atoms with Crippen molar-refractivity contribution in [2.24, 2.45) is 5.73 Å². The van der Waals surface area contributed by atoms with Crippen molar-refractivity contribution in [1.82, 2.24) is 4.90 Å². The molecule has 19 heavy (non-hydrogen) atoms. The van der Waals surface area contributed by atoms with Crippen LogP contribution in [-0.4, -0.2) is 49.7 Å². The average Bonchev–Trinajstić information content (AvgIpc) is 2.38. The fraction of sp³-hybridized carbons (Fsp3) is 0.462. The Hall–Kier alpha value is -1.50. The molecular weight excluding hydrogens is 249 g/mol. The quantitative estimate of drug-likeness (QED) is 0.830. The highest BCUT2D eigenvalue weighted by Gasteiger charge is 2.20. The van der Waals surface area contributed by atoms with Crippen LogP contribution in [0, 0.1) is 5.82 Å². The Kier molecular flexibility index (Phi) is 4.84. The minimum Gasteiger partial charge on any atom is -0.374 e. The Morgan fingerprint density at radius 3 is 3.16 bits per heavy atom. The number of nitrogens with two attached hydrogens (primary N) is 1. The fourth-order valence-corrected chi connectivity index (χ4v) is 2.04. The van der Waals surface area contributed by atoms with Crippen molar-refractivity contribution >= 4 is 11.6 Å². The van der Waals surface area contributed by atoms with E-state index in [0.717, 1.165) is 0 Å². The molecule has 1 aromatic rings. The molecule has 0 radical (unpaired) electrons. The summed E-state index contributed by atoms with van der Waals surface area (Å²) in [5.74, 6) is -0.532. The molecule has 0 spiro atoms. The van der Waals surface area contributed by atoms with Crippen molar-refractivity contribution in [1.29, 1.82) is 0 Å². The van der Waals surface area contributed by atoms with Crippen LogP contribution in [0.15, 0.2) is 24.3 Å². The van der Waals surface area contributed by atoms with E-state index in [9.17, 15) is 9.18 Å². The Labute approximate surface area is 111 Å². The Morgan fingerprint density at radius 2 is 2.42 bits per heavy atom. The summed E-state index contributed by atoms with van der Waals surface area (Å²) in [6.07, 6.45) is -0.0179. The van der Waals surface area contributed by atoms with Gasteiger partial charge in [0.15, 0.2) is 0 Å². The van der Waals surface area contributed by atoms with E-state index in [0.29, 0.717) is 31.9 Å². The van der Waals surface area contributed by atoms with Gasteiger partial charge in [0, 0.05) is 25.3 Å². The maximum Gasteiger partial charge on any atom is 0.238 e. The Morgan fingerprint density at radius 1 is 1.58 bits per heavy atom. The zero-order valence-corrected chi connectivity index (χ0v) is 10.6. The van der Waals surface area contributed by atoms with Crippen molar-refractivity contribution in [2.45, 2.75) is 6.10 Å². The molecule has 1 fully saturated rings. The molecule has 104 valence electrons. The van der Waals surface area contributed by atoms with E-state index in [-0.39, 0.29) is 24.4 Å². The number of morpholine rings is 1. The number of benzene rings is 1. The SMILES string of the molecule is NCC1CN(CC(=O)Nc2cccc(F)c2)CCO1. The van der Waals surface area contributed by atoms with Crippen molar-refractivity contribution in [3.05, 3.63) is 30.1 Å². The fourth-order valence-electron chi connectivity index (χ4n) is 2.04. The zero-order chi connectivity index (χ0) is 13.7. The number of carbonyl (C=O) groups excluding carboxylic acids is 1. The lowest BCUT2D eigenvalue weighted by molar-refractivity contribution is -0.119. The molecule has 5 nitrogen and oxygen atoms in total. The summed E-state index contributed by atoms with van der Waals surface area (Å²) in [4.78, 5) is 13.8. The molecule has 6 heteroatoms. The molecule has 0 aliphatic carbocycles. The molecule has 1 aliphatic heterocycles. The smallest absolute Gasteiger partial charge is 0.238 e. The van der Waals surface area contributed by atoms with Crippen LogP contribution in [0.2, 0.25) is 0 Å². The molecule has 2 rings (SSSR count). The lowest BCUT2D eigenvalue weighted by atomic mass is 10.2. The van der Waals surface area contributed by atoms with E-state index in [1.165, 1.54) is 12.1 Å². The number of nitrogens with one attached hydrogen (secondary N) is 1. The third-order valence-electron chi connectivity index (χ3n) is 2.96. The topological polar surface area (TPSA) is 67.6 Å². The highest BCUT2D eigenvalue weighted by atomic mass is 19.1. The number of carbonyl (C=O) groups is 1. The van der Waals surface area contributed by atoms with Crippen LogP contribution >= 0.6 is 0 Å². The maximum atomic E-state index is 13.0. The van der Waals surface area contributed by atoms with Crippen molar-refractivity contribution in [3.8, 4) is 0 Å². The van der Waals surface area contributed by atoms with Gasteiger partial charge < -0.3 is 15.8 Å². The third kappa shape index (κ3) is 4.27. The molecule has 0 aromatic heterocycles. The Bertz CT molecular complexity index is 442. The van der Waals surface area contributed by atoms with Crippen LogP contribution in [-0.2, 0) is 9.53 Å². The minimum atomic E-state index is -0.368. The number of rotatable bonds is 4. The lowest BCUT2D eigenvalue weighted by Crippen LogP contribution is -2.48. The maximum absolute atomic E-state index is 13.0. The first-order valence-corrected chi connectivity index (χ1v) is 6.27. The predicted octanol–water partition coefficient (Wildman–Crippen LogP) is 0.424. The van der Waals surface area contributed by atoms with Gasteiger partial charge in [-0.25, -0.2) is 4.39 Å². The number of anilines is 1. The largest absolute Gasteiger partial charge is 0.374 e. The third-order valence-corrected chi connectivity index (χ3v) is 2.96. The molecule has 1 heterocycles. The number of ether oxygens (including phenoxy) is 1. The molecule has 1 unspecified atom stereocenters. The van der Waals surface area contributed by atoms with Crippen molar-refractivity contribution in [2.75, 3.05) is 38.1 Å². The van der Waals surface area contributed by atoms with Gasteiger partial charge in [0.05, 0.1) is 19.3 Å². The molecule has 0 saturated carbocycles. The lowest BCUT2D eigenvalue weighted by Gasteiger charge is -2.31. The molecule has 1 saturated heterocycles. The molecule has 1 atom stereocenters. The normalized spacial score (nSPS) is 20.2. The first-order chi connectivity index (χ1) is 9.17. The minimum absolute atomic E-state index is 0.0179. The zero-order valence-electron chi connectivity index (χ0n) is 10.6. The monoisotopic (exact) mass is 267 g/mol. The van der Waals surface area contributed by atoms with Gasteiger partial charge in [-0.3, -0.25) is 9.69 Å². The van der Waals surface area contributed by atoms with Crippen LogP contribution < -0.4 is 11.1 Å². The molecular formula is C13H18FN3O2. The van der Waals surface area contributed by atoms with Crippen molar-refractivity contribution < 1.29 is 13.9 Å². The van der Waals surface area contributed by atoms with Gasteiger partial charge in [0.25, 0.3) is 0 Å². The summed E-state index contributed by atoms with van der Waals surface area (Å²) in [5.41, 5.74) is 6.01. The van der Waals surface area contributed by atoms with Gasteiger partial charge in [0.2, 0.25) is 5.91 Å². The van der Waals surface area contributed by atoms with Gasteiger partial charge in [-0.15, -0.1) is 0 Å². The highest BCUT2D eigenvalue weighted by Crippen LogP contribution is 2.09. The Balaban J connectivity index is 1.84. The first-order valence-electron chi connectivity index (χ1n) is 6.27. The second kappa shape index (κ2) is 6.60. The van der Waals surface area contributed by atoms with Crippen LogP contribution in [0.3, 0.4) is 0 Å². The number of halogens is 1. The number of amides is 1. The first kappa shape index (κ1) is 13.9. The second-order valence-corrected chi connectivity index (χ2v) is 4.52. The van der Waals surface area contributed by atoms with Gasteiger partial charge in [-0.2, -0.15) is 0 Å². The molecule has 1 amide bonds. The summed E-state index contributed by atoms with van der Waals surface area (Å²) in [6, 6.07) is 5.84. The van der Waals surface area contributed by atoms with E-state index in [2.05, 4.69) is 5.32 Å². The van der Waals surface area contributed by atoms with Crippen LogP contribution in [0.25, 0.3) is 0 Å². The van der Waals surface area contributed by atoms with E-state index in [1.54, 1.807) is 12.1 Å². The summed E-state index contributed by atoms with van der Waals surface area (Å²) in [7, 11) is 0. The van der Waals surface area contributed by atoms with E-state index in [4.69, 9.17) is 10.5 Å². The molecule has 3 N–H and O–H groups in total. The summed E-state index contributed by atoms with van der Waals surface area (Å²) in [5, 5.41) is 2.67. The number of hydrogen-bond donors (Lipinski definition) is 2. The predicted molar refractivity (Wildman–Crippen MR) is 70.3 cm³/mol. The van der Waals surface area contributed by atoms with Crippen molar-refractivity contribution in [3.63, 3.8) is 0 Å². The second-order valence-electron chi connectivity index (χ2n) is 4.52. The summed E-state index contributed by atoms with van der Waals surface area (Å²) >= 11 is 0. The van der Waals surface area contributed by atoms with Gasteiger partial charge in [-0.05, 0) is 18.2 Å². The van der Waals surface area contributed by atoms with Gasteiger partial charge in [0.1, 0.15) is 5.82 Å². The van der Waals surface area contributed by atoms with Crippen LogP contribution in [0.1, 0.15) is 0 Å². The van der Waals surface area contributed by atoms with E-state index in [1.807, 2.05) is 4.90 Å². The standard InChI is InChI=1S/C13H18FN3O2/c14-10-2-1-3-11(6-10)16-13(18)9-17-4-5-19-12(7-15)8-17/h1-3,6,12H,4-5,7-9,15H2,(H,16,18). The van der Waals surface area contributed by atoms with Gasteiger partial charge in [-0.1, -0.05) is 6.07 Å².